The SMILES string of the molecule is CCc1nnc(C)cc1C(N)c1cc2cccc(F)c2o1. The molecule has 0 aliphatic heterocycles. The highest BCUT2D eigenvalue weighted by Gasteiger charge is 2.19. The third kappa shape index (κ3) is 2.40. The molecule has 0 aliphatic rings. The Morgan fingerprint density at radius 1 is 1.29 bits per heavy atom. The highest BCUT2D eigenvalue weighted by molar-refractivity contribution is 5.78. The Morgan fingerprint density at radius 2 is 2.10 bits per heavy atom. The number of nitrogens with two attached hydrogens (primary N) is 1. The Bertz CT molecular complexity index is 797. The minimum atomic E-state index is -0.485. The summed E-state index contributed by atoms with van der Waals surface area (Å²) in [6, 6.07) is 8.02. The molecule has 0 fully saturated rings. The number of halogens is 1. The average molecular weight is 285 g/mol. The van der Waals surface area contributed by atoms with E-state index < -0.39 is 6.04 Å². The van der Waals surface area contributed by atoms with Crippen molar-refractivity contribution in [2.24, 2.45) is 5.73 Å². The predicted octanol–water partition coefficient (Wildman–Crippen LogP) is 3.28. The van der Waals surface area contributed by atoms with Crippen LogP contribution >= 0.6 is 0 Å². The molecule has 0 saturated heterocycles. The van der Waals surface area contributed by atoms with Crippen LogP contribution in [0.5, 0.6) is 0 Å². The van der Waals surface area contributed by atoms with E-state index in [1.807, 2.05) is 19.9 Å². The second-order valence-corrected chi connectivity index (χ2v) is 5.03. The van der Waals surface area contributed by atoms with Gasteiger partial charge in [0.15, 0.2) is 11.4 Å². The number of hydrogen-bond donors (Lipinski definition) is 1. The zero-order valence-corrected chi connectivity index (χ0v) is 11.9. The summed E-state index contributed by atoms with van der Waals surface area (Å²) >= 11 is 0. The summed E-state index contributed by atoms with van der Waals surface area (Å²) in [4.78, 5) is 0. The number of hydrogen-bond acceptors (Lipinski definition) is 4. The molecule has 1 atom stereocenters. The fourth-order valence-electron chi connectivity index (χ4n) is 2.43. The van der Waals surface area contributed by atoms with E-state index in [4.69, 9.17) is 10.2 Å². The van der Waals surface area contributed by atoms with Gasteiger partial charge in [-0.2, -0.15) is 10.2 Å². The molecule has 0 saturated carbocycles. The van der Waals surface area contributed by atoms with E-state index >= 15 is 0 Å². The molecule has 0 spiro atoms. The molecule has 5 heteroatoms. The van der Waals surface area contributed by atoms with Gasteiger partial charge < -0.3 is 10.2 Å². The van der Waals surface area contributed by atoms with Gasteiger partial charge in [-0.05, 0) is 31.5 Å². The Labute approximate surface area is 121 Å². The lowest BCUT2D eigenvalue weighted by Crippen LogP contribution is -2.15. The van der Waals surface area contributed by atoms with Gasteiger partial charge in [0.2, 0.25) is 0 Å². The molecule has 0 amide bonds. The van der Waals surface area contributed by atoms with Crippen LogP contribution < -0.4 is 5.73 Å². The maximum absolute atomic E-state index is 13.7. The van der Waals surface area contributed by atoms with Crippen LogP contribution in [0.2, 0.25) is 0 Å². The van der Waals surface area contributed by atoms with Crippen LogP contribution in [0.1, 0.15) is 35.7 Å². The van der Waals surface area contributed by atoms with Crippen molar-refractivity contribution in [3.8, 4) is 0 Å². The fourth-order valence-corrected chi connectivity index (χ4v) is 2.43. The number of aromatic nitrogens is 2. The van der Waals surface area contributed by atoms with E-state index in [-0.39, 0.29) is 11.4 Å². The number of benzene rings is 1. The second kappa shape index (κ2) is 5.26. The minimum Gasteiger partial charge on any atom is -0.456 e. The topological polar surface area (TPSA) is 64.9 Å². The van der Waals surface area contributed by atoms with Crippen LogP contribution in [0, 0.1) is 12.7 Å². The highest BCUT2D eigenvalue weighted by Crippen LogP contribution is 2.29. The summed E-state index contributed by atoms with van der Waals surface area (Å²) in [5, 5.41) is 8.92. The van der Waals surface area contributed by atoms with E-state index in [9.17, 15) is 4.39 Å². The molecule has 2 aromatic heterocycles. The average Bonchev–Trinajstić information content (AvgIpc) is 2.92. The quantitative estimate of drug-likeness (QED) is 0.802. The normalized spacial score (nSPS) is 12.8. The molecule has 0 aliphatic carbocycles. The van der Waals surface area contributed by atoms with Crippen LogP contribution in [0.25, 0.3) is 11.0 Å². The van der Waals surface area contributed by atoms with Crippen LogP contribution in [0.3, 0.4) is 0 Å². The predicted molar refractivity (Wildman–Crippen MR) is 78.3 cm³/mol. The van der Waals surface area contributed by atoms with Gasteiger partial charge >= 0.3 is 0 Å². The largest absolute Gasteiger partial charge is 0.456 e. The third-order valence-electron chi connectivity index (χ3n) is 3.52. The second-order valence-electron chi connectivity index (χ2n) is 5.03. The maximum Gasteiger partial charge on any atom is 0.169 e. The van der Waals surface area contributed by atoms with Gasteiger partial charge in [0, 0.05) is 10.9 Å². The fraction of sp³-hybridized carbons (Fsp3) is 0.250. The van der Waals surface area contributed by atoms with Crippen molar-refractivity contribution in [2.75, 3.05) is 0 Å². The zero-order valence-electron chi connectivity index (χ0n) is 11.9. The highest BCUT2D eigenvalue weighted by atomic mass is 19.1. The lowest BCUT2D eigenvalue weighted by atomic mass is 10.0. The first-order valence-corrected chi connectivity index (χ1v) is 6.86. The van der Waals surface area contributed by atoms with Crippen molar-refractivity contribution >= 4 is 11.0 Å². The summed E-state index contributed by atoms with van der Waals surface area (Å²) in [6.45, 7) is 3.86. The number of furan rings is 1. The third-order valence-corrected chi connectivity index (χ3v) is 3.52. The molecule has 1 aromatic carbocycles. The first kappa shape index (κ1) is 13.7. The number of nitrogens with zero attached hydrogens (tertiary/aromatic N) is 2. The van der Waals surface area contributed by atoms with Crippen LogP contribution in [-0.4, -0.2) is 10.2 Å². The van der Waals surface area contributed by atoms with E-state index in [2.05, 4.69) is 10.2 Å². The van der Waals surface area contributed by atoms with Gasteiger partial charge in [0.1, 0.15) is 5.76 Å². The molecular formula is C16H16FN3O. The molecule has 3 aromatic rings. The Morgan fingerprint density at radius 3 is 2.81 bits per heavy atom. The zero-order chi connectivity index (χ0) is 15.0. The lowest BCUT2D eigenvalue weighted by molar-refractivity contribution is 0.500. The summed E-state index contributed by atoms with van der Waals surface area (Å²) in [7, 11) is 0. The van der Waals surface area contributed by atoms with Gasteiger partial charge in [-0.3, -0.25) is 0 Å². The summed E-state index contributed by atoms with van der Waals surface area (Å²) < 4.78 is 19.3. The molecule has 0 radical (unpaired) electrons. The van der Waals surface area contributed by atoms with Gasteiger partial charge in [-0.25, -0.2) is 4.39 Å². The first-order valence-electron chi connectivity index (χ1n) is 6.86. The monoisotopic (exact) mass is 285 g/mol. The van der Waals surface area contributed by atoms with Crippen LogP contribution in [-0.2, 0) is 6.42 Å². The van der Waals surface area contributed by atoms with Gasteiger partial charge in [0.05, 0.1) is 17.4 Å². The number of para-hydroxylation sites is 1. The molecule has 21 heavy (non-hydrogen) atoms. The Hall–Kier alpha value is -2.27. The van der Waals surface area contributed by atoms with Gasteiger partial charge in [0.25, 0.3) is 0 Å². The van der Waals surface area contributed by atoms with E-state index in [0.29, 0.717) is 11.1 Å². The molecule has 2 heterocycles. The molecule has 3 rings (SSSR count). The number of aryl methyl sites for hydroxylation is 2. The Balaban J connectivity index is 2.10. The van der Waals surface area contributed by atoms with Gasteiger partial charge in [-0.15, -0.1) is 0 Å². The van der Waals surface area contributed by atoms with E-state index in [0.717, 1.165) is 23.4 Å². The summed E-state index contributed by atoms with van der Waals surface area (Å²) in [5.41, 5.74) is 9.01. The van der Waals surface area contributed by atoms with Crippen LogP contribution in [0.15, 0.2) is 34.7 Å². The smallest absolute Gasteiger partial charge is 0.169 e. The van der Waals surface area contributed by atoms with E-state index in [1.54, 1.807) is 18.2 Å². The Kier molecular flexibility index (Phi) is 3.43. The van der Waals surface area contributed by atoms with Gasteiger partial charge in [-0.1, -0.05) is 19.1 Å². The van der Waals surface area contributed by atoms with Crippen molar-refractivity contribution in [3.63, 3.8) is 0 Å². The lowest BCUT2D eigenvalue weighted by Gasteiger charge is -2.12. The maximum atomic E-state index is 13.7. The van der Waals surface area contributed by atoms with Crippen molar-refractivity contribution in [1.29, 1.82) is 0 Å². The minimum absolute atomic E-state index is 0.236. The van der Waals surface area contributed by atoms with Crippen molar-refractivity contribution in [3.05, 3.63) is 58.9 Å². The molecular weight excluding hydrogens is 269 g/mol. The molecule has 1 unspecified atom stereocenters. The number of fused-ring (bicyclic) bond motifs is 1. The van der Waals surface area contributed by atoms with Crippen molar-refractivity contribution < 1.29 is 8.81 Å². The standard InChI is InChI=1S/C16H16FN3O/c1-3-13-11(7-9(2)19-20-13)15(18)14-8-10-5-4-6-12(17)16(10)21-14/h4-8,15H,3,18H2,1-2H3. The molecule has 2 N–H and O–H groups in total. The number of rotatable bonds is 3. The molecule has 4 nitrogen and oxygen atoms in total. The van der Waals surface area contributed by atoms with Crippen molar-refractivity contribution in [1.82, 2.24) is 10.2 Å². The summed E-state index contributed by atoms with van der Waals surface area (Å²) in [6.07, 6.45) is 0.727. The van der Waals surface area contributed by atoms with Crippen molar-refractivity contribution in [2.45, 2.75) is 26.3 Å². The van der Waals surface area contributed by atoms with E-state index in [1.165, 1.54) is 6.07 Å². The molecule has 0 bridgehead atoms. The van der Waals surface area contributed by atoms with Crippen LogP contribution in [0.4, 0.5) is 4.39 Å². The summed E-state index contributed by atoms with van der Waals surface area (Å²) in [5.74, 6) is 0.142. The first-order chi connectivity index (χ1) is 10.1. The molecule has 108 valence electrons.